The minimum atomic E-state index is -3.35. The molecule has 0 N–H and O–H groups in total. The summed E-state index contributed by atoms with van der Waals surface area (Å²) in [5.74, 6) is 1.19. The van der Waals surface area contributed by atoms with Crippen molar-refractivity contribution in [3.63, 3.8) is 0 Å². The van der Waals surface area contributed by atoms with Crippen LogP contribution in [-0.2, 0) is 10.0 Å². The molecule has 1 aromatic heterocycles. The fraction of sp³-hybridized carbons (Fsp3) is 0.500. The highest BCUT2D eigenvalue weighted by Gasteiger charge is 2.48. The van der Waals surface area contributed by atoms with E-state index in [9.17, 15) is 8.42 Å². The highest BCUT2D eigenvalue weighted by Crippen LogP contribution is 2.46. The van der Waals surface area contributed by atoms with E-state index in [1.54, 1.807) is 4.31 Å². The SMILES string of the molecule is O=S(=O)(c1ccc(Cl)nc1)N1CC2CC2C1. The molecule has 0 spiro atoms. The first kappa shape index (κ1) is 10.5. The zero-order valence-electron chi connectivity index (χ0n) is 8.51. The number of hydrogen-bond acceptors (Lipinski definition) is 3. The largest absolute Gasteiger partial charge is 0.244 e. The third-order valence-electron chi connectivity index (χ3n) is 3.28. The molecular weight excluding hydrogens is 248 g/mol. The van der Waals surface area contributed by atoms with Crippen LogP contribution in [0.25, 0.3) is 0 Å². The van der Waals surface area contributed by atoms with E-state index < -0.39 is 10.0 Å². The van der Waals surface area contributed by atoms with Crippen LogP contribution in [0.1, 0.15) is 6.42 Å². The first-order valence-electron chi connectivity index (χ1n) is 5.19. The monoisotopic (exact) mass is 258 g/mol. The van der Waals surface area contributed by atoms with Crippen LogP contribution in [0, 0.1) is 11.8 Å². The van der Waals surface area contributed by atoms with Crippen molar-refractivity contribution in [1.29, 1.82) is 0 Å². The maximum Gasteiger partial charge on any atom is 0.244 e. The van der Waals surface area contributed by atoms with Crippen molar-refractivity contribution >= 4 is 21.6 Å². The van der Waals surface area contributed by atoms with Gasteiger partial charge >= 0.3 is 0 Å². The van der Waals surface area contributed by atoms with Crippen LogP contribution < -0.4 is 0 Å². The molecule has 1 aromatic rings. The van der Waals surface area contributed by atoms with Gasteiger partial charge in [-0.15, -0.1) is 0 Å². The van der Waals surface area contributed by atoms with Crippen LogP contribution >= 0.6 is 11.6 Å². The van der Waals surface area contributed by atoms with Gasteiger partial charge in [0.05, 0.1) is 0 Å². The smallest absolute Gasteiger partial charge is 0.243 e. The summed E-state index contributed by atoms with van der Waals surface area (Å²) in [5.41, 5.74) is 0. The Morgan fingerprint density at radius 2 is 2.00 bits per heavy atom. The van der Waals surface area contributed by atoms with E-state index in [-0.39, 0.29) is 4.90 Å². The normalized spacial score (nSPS) is 29.1. The van der Waals surface area contributed by atoms with Gasteiger partial charge in [-0.3, -0.25) is 0 Å². The van der Waals surface area contributed by atoms with Crippen LogP contribution in [0.4, 0.5) is 0 Å². The summed E-state index contributed by atoms with van der Waals surface area (Å²) < 4.78 is 25.9. The third-order valence-corrected chi connectivity index (χ3v) is 5.32. The highest BCUT2D eigenvalue weighted by atomic mass is 35.5. The Labute approximate surface area is 99.3 Å². The Kier molecular flexibility index (Phi) is 2.24. The van der Waals surface area contributed by atoms with Crippen LogP contribution in [0.5, 0.6) is 0 Å². The number of nitrogens with zero attached hydrogens (tertiary/aromatic N) is 2. The molecule has 1 saturated heterocycles. The Morgan fingerprint density at radius 3 is 2.56 bits per heavy atom. The molecule has 3 rings (SSSR count). The lowest BCUT2D eigenvalue weighted by molar-refractivity contribution is 0.442. The minimum absolute atomic E-state index is 0.234. The highest BCUT2D eigenvalue weighted by molar-refractivity contribution is 7.89. The average Bonchev–Trinajstić information content (AvgIpc) is 2.86. The Hall–Kier alpha value is -0.650. The second kappa shape index (κ2) is 3.42. The summed E-state index contributed by atoms with van der Waals surface area (Å²) in [5, 5.41) is 0.309. The summed E-state index contributed by atoms with van der Waals surface area (Å²) in [6, 6.07) is 3.01. The lowest BCUT2D eigenvalue weighted by Crippen LogP contribution is -2.30. The number of rotatable bonds is 2. The Morgan fingerprint density at radius 1 is 1.31 bits per heavy atom. The number of fused-ring (bicyclic) bond motifs is 1. The number of piperidine rings is 1. The first-order valence-corrected chi connectivity index (χ1v) is 7.01. The molecule has 2 atom stereocenters. The maximum absolute atomic E-state index is 12.2. The standard InChI is InChI=1S/C10H11ClN2O2S/c11-10-2-1-9(4-12-10)16(14,15)13-5-7-3-8(7)6-13/h1-2,4,7-8H,3,5-6H2. The molecule has 1 aliphatic heterocycles. The van der Waals surface area contributed by atoms with Crippen molar-refractivity contribution in [3.8, 4) is 0 Å². The van der Waals surface area contributed by atoms with Gasteiger partial charge in [0.1, 0.15) is 10.0 Å². The molecule has 2 unspecified atom stereocenters. The molecule has 4 nitrogen and oxygen atoms in total. The van der Waals surface area contributed by atoms with E-state index >= 15 is 0 Å². The quantitative estimate of drug-likeness (QED) is 0.753. The van der Waals surface area contributed by atoms with E-state index in [0.29, 0.717) is 30.1 Å². The average molecular weight is 259 g/mol. The van der Waals surface area contributed by atoms with E-state index in [4.69, 9.17) is 11.6 Å². The second-order valence-electron chi connectivity index (χ2n) is 4.39. The van der Waals surface area contributed by atoms with E-state index in [1.807, 2.05) is 0 Å². The molecule has 2 fully saturated rings. The first-order chi connectivity index (χ1) is 7.57. The zero-order chi connectivity index (χ0) is 11.3. The fourth-order valence-electron chi connectivity index (χ4n) is 2.22. The summed E-state index contributed by atoms with van der Waals surface area (Å²) in [6.07, 6.45) is 2.51. The molecule has 1 saturated carbocycles. The molecule has 2 aliphatic rings. The van der Waals surface area contributed by atoms with Gasteiger partial charge in [-0.25, -0.2) is 13.4 Å². The van der Waals surface area contributed by atoms with Crippen molar-refractivity contribution in [1.82, 2.24) is 9.29 Å². The van der Waals surface area contributed by atoms with E-state index in [2.05, 4.69) is 4.98 Å². The van der Waals surface area contributed by atoms with Gasteiger partial charge in [-0.1, -0.05) is 11.6 Å². The molecule has 1 aliphatic carbocycles. The zero-order valence-corrected chi connectivity index (χ0v) is 10.1. The third kappa shape index (κ3) is 1.63. The molecule has 2 heterocycles. The molecule has 6 heteroatoms. The predicted molar refractivity (Wildman–Crippen MR) is 59.6 cm³/mol. The van der Waals surface area contributed by atoms with Crippen LogP contribution in [0.15, 0.2) is 23.2 Å². The van der Waals surface area contributed by atoms with Gasteiger partial charge in [0.25, 0.3) is 0 Å². The summed E-state index contributed by atoms with van der Waals surface area (Å²) in [4.78, 5) is 4.04. The van der Waals surface area contributed by atoms with E-state index in [0.717, 1.165) is 0 Å². The number of aromatic nitrogens is 1. The molecule has 16 heavy (non-hydrogen) atoms. The van der Waals surface area contributed by atoms with Gasteiger partial charge in [0.15, 0.2) is 0 Å². The molecule has 0 bridgehead atoms. The number of hydrogen-bond donors (Lipinski definition) is 0. The molecular formula is C10H11ClN2O2S. The number of sulfonamides is 1. The summed E-state index contributed by atoms with van der Waals surface area (Å²) in [6.45, 7) is 1.32. The van der Waals surface area contributed by atoms with E-state index in [1.165, 1.54) is 24.8 Å². The van der Waals surface area contributed by atoms with Crippen LogP contribution in [0.3, 0.4) is 0 Å². The van der Waals surface area contributed by atoms with Gasteiger partial charge in [-0.2, -0.15) is 4.31 Å². The van der Waals surface area contributed by atoms with Crippen LogP contribution in [0.2, 0.25) is 5.15 Å². The molecule has 0 aromatic carbocycles. The molecule has 0 radical (unpaired) electrons. The van der Waals surface area contributed by atoms with Gasteiger partial charge in [0.2, 0.25) is 10.0 Å². The minimum Gasteiger partial charge on any atom is -0.243 e. The lowest BCUT2D eigenvalue weighted by atomic mass is 10.4. The number of pyridine rings is 1. The Balaban J connectivity index is 1.89. The topological polar surface area (TPSA) is 50.3 Å². The van der Waals surface area contributed by atoms with Crippen molar-refractivity contribution in [2.24, 2.45) is 11.8 Å². The second-order valence-corrected chi connectivity index (χ2v) is 6.72. The van der Waals surface area contributed by atoms with Gasteiger partial charge in [0, 0.05) is 19.3 Å². The fourth-order valence-corrected chi connectivity index (χ4v) is 3.83. The van der Waals surface area contributed by atoms with Crippen molar-refractivity contribution < 1.29 is 8.42 Å². The van der Waals surface area contributed by atoms with Crippen molar-refractivity contribution in [3.05, 3.63) is 23.5 Å². The van der Waals surface area contributed by atoms with Gasteiger partial charge in [-0.05, 0) is 30.4 Å². The maximum atomic E-state index is 12.2. The van der Waals surface area contributed by atoms with Crippen LogP contribution in [-0.4, -0.2) is 30.8 Å². The van der Waals surface area contributed by atoms with Gasteiger partial charge < -0.3 is 0 Å². The summed E-state index contributed by atoms with van der Waals surface area (Å²) >= 11 is 5.63. The molecule has 86 valence electrons. The van der Waals surface area contributed by atoms with Crippen molar-refractivity contribution in [2.45, 2.75) is 11.3 Å². The predicted octanol–water partition coefficient (Wildman–Crippen LogP) is 1.38. The lowest BCUT2D eigenvalue weighted by Gasteiger charge is -2.17. The van der Waals surface area contributed by atoms with Crippen molar-refractivity contribution in [2.75, 3.05) is 13.1 Å². The Bertz CT molecular complexity index is 504. The summed E-state index contributed by atoms with van der Waals surface area (Å²) in [7, 11) is -3.35. The molecule has 0 amide bonds. The number of halogens is 1.